The van der Waals surface area contributed by atoms with Crippen molar-refractivity contribution in [2.75, 3.05) is 23.9 Å². The van der Waals surface area contributed by atoms with Crippen LogP contribution in [-0.2, 0) is 20.3 Å². The summed E-state index contributed by atoms with van der Waals surface area (Å²) in [6.07, 6.45) is 1.11. The van der Waals surface area contributed by atoms with Gasteiger partial charge in [0.15, 0.2) is 0 Å². The summed E-state index contributed by atoms with van der Waals surface area (Å²) in [7, 11) is -1.14. The molecule has 41 heavy (non-hydrogen) atoms. The van der Waals surface area contributed by atoms with Gasteiger partial charge in [-0.2, -0.15) is 5.26 Å². The Hall–Kier alpha value is -3.93. The van der Waals surface area contributed by atoms with Crippen molar-refractivity contribution in [2.24, 2.45) is 0 Å². The first-order valence-electron chi connectivity index (χ1n) is 13.5. The first-order valence-corrected chi connectivity index (χ1v) is 16.0. The van der Waals surface area contributed by atoms with Crippen LogP contribution in [0.3, 0.4) is 0 Å². The first kappa shape index (κ1) is 30.0. The molecule has 8 heteroatoms. The van der Waals surface area contributed by atoms with E-state index in [9.17, 15) is 14.3 Å². The van der Waals surface area contributed by atoms with E-state index in [1.54, 1.807) is 0 Å². The minimum absolute atomic E-state index is 0.0580. The second-order valence-corrected chi connectivity index (χ2v) is 11.9. The number of ether oxygens (including phenoxy) is 2. The molecule has 0 aliphatic heterocycles. The summed E-state index contributed by atoms with van der Waals surface area (Å²) in [4.78, 5) is 17.8. The van der Waals surface area contributed by atoms with Gasteiger partial charge >= 0.3 is 5.97 Å². The molecule has 3 aromatic carbocycles. The molecule has 1 aromatic heterocycles. The SMILES string of the molecule is CCCCS(=O)CC(COc1ccccc1)OC(=O)CSc1nc(-c2ccccc2)cc(-c2ccccc2)c1C#N. The van der Waals surface area contributed by atoms with E-state index in [2.05, 4.69) is 6.07 Å². The minimum Gasteiger partial charge on any atom is -0.490 e. The summed E-state index contributed by atoms with van der Waals surface area (Å²) < 4.78 is 24.2. The van der Waals surface area contributed by atoms with Crippen LogP contribution in [0, 0.1) is 11.3 Å². The van der Waals surface area contributed by atoms with E-state index in [-0.39, 0.29) is 18.1 Å². The molecule has 0 radical (unpaired) electrons. The van der Waals surface area contributed by atoms with Gasteiger partial charge in [-0.05, 0) is 30.2 Å². The highest BCUT2D eigenvalue weighted by molar-refractivity contribution is 8.00. The molecular weight excluding hydrogens is 553 g/mol. The number of esters is 1. The molecule has 0 amide bonds. The molecule has 210 valence electrons. The predicted octanol–water partition coefficient (Wildman–Crippen LogP) is 6.92. The Labute approximate surface area is 248 Å². The number of rotatable bonds is 14. The highest BCUT2D eigenvalue weighted by Gasteiger charge is 2.21. The maximum atomic E-state index is 13.0. The van der Waals surface area contributed by atoms with Crippen molar-refractivity contribution < 1.29 is 18.5 Å². The lowest BCUT2D eigenvalue weighted by atomic mass is 9.99. The van der Waals surface area contributed by atoms with Gasteiger partial charge < -0.3 is 9.47 Å². The second kappa shape index (κ2) is 15.8. The fraction of sp³-hybridized carbons (Fsp3) is 0.242. The topological polar surface area (TPSA) is 89.3 Å². The summed E-state index contributed by atoms with van der Waals surface area (Å²) in [6.45, 7) is 2.14. The molecule has 0 aliphatic carbocycles. The predicted molar refractivity (Wildman–Crippen MR) is 165 cm³/mol. The van der Waals surface area contributed by atoms with Crippen molar-refractivity contribution in [3.63, 3.8) is 0 Å². The van der Waals surface area contributed by atoms with Gasteiger partial charge in [-0.25, -0.2) is 4.98 Å². The smallest absolute Gasteiger partial charge is 0.316 e. The molecule has 0 spiro atoms. The van der Waals surface area contributed by atoms with Crippen LogP contribution in [0.4, 0.5) is 0 Å². The third kappa shape index (κ3) is 9.04. The van der Waals surface area contributed by atoms with Gasteiger partial charge in [0.2, 0.25) is 0 Å². The van der Waals surface area contributed by atoms with E-state index in [1.807, 2.05) is 104 Å². The van der Waals surface area contributed by atoms with Crippen LogP contribution in [0.5, 0.6) is 5.75 Å². The van der Waals surface area contributed by atoms with Crippen molar-refractivity contribution in [1.82, 2.24) is 4.98 Å². The van der Waals surface area contributed by atoms with Crippen LogP contribution in [0.1, 0.15) is 25.3 Å². The van der Waals surface area contributed by atoms with Crippen molar-refractivity contribution in [3.05, 3.63) is 103 Å². The van der Waals surface area contributed by atoms with E-state index >= 15 is 0 Å². The van der Waals surface area contributed by atoms with Crippen LogP contribution in [-0.4, -0.2) is 45.1 Å². The fourth-order valence-corrected chi connectivity index (χ4v) is 6.24. The Kier molecular flexibility index (Phi) is 11.5. The third-order valence-corrected chi connectivity index (χ3v) is 8.59. The Morgan fingerprint density at radius 1 is 0.976 bits per heavy atom. The van der Waals surface area contributed by atoms with Crippen molar-refractivity contribution in [3.8, 4) is 34.2 Å². The minimum atomic E-state index is -1.14. The lowest BCUT2D eigenvalue weighted by Crippen LogP contribution is -2.31. The van der Waals surface area contributed by atoms with E-state index < -0.39 is 22.9 Å². The van der Waals surface area contributed by atoms with Crippen LogP contribution in [0.2, 0.25) is 0 Å². The number of aromatic nitrogens is 1. The molecule has 0 aliphatic rings. The second-order valence-electron chi connectivity index (χ2n) is 9.27. The van der Waals surface area contributed by atoms with Gasteiger partial charge in [0.1, 0.15) is 29.6 Å². The first-order chi connectivity index (χ1) is 20.1. The number of para-hydroxylation sites is 1. The molecule has 1 heterocycles. The molecule has 0 fully saturated rings. The molecule has 0 N–H and O–H groups in total. The third-order valence-electron chi connectivity index (χ3n) is 6.15. The molecule has 2 unspecified atom stereocenters. The van der Waals surface area contributed by atoms with E-state index in [4.69, 9.17) is 14.5 Å². The van der Waals surface area contributed by atoms with Gasteiger partial charge in [-0.1, -0.05) is 104 Å². The highest BCUT2D eigenvalue weighted by atomic mass is 32.2. The normalized spacial score (nSPS) is 12.2. The van der Waals surface area contributed by atoms with Gasteiger partial charge in [0.25, 0.3) is 0 Å². The zero-order valence-corrected chi connectivity index (χ0v) is 24.5. The summed E-state index contributed by atoms with van der Waals surface area (Å²) >= 11 is 1.16. The fourth-order valence-electron chi connectivity index (χ4n) is 4.10. The Morgan fingerprint density at radius 3 is 2.24 bits per heavy atom. The summed E-state index contributed by atoms with van der Waals surface area (Å²) in [5, 5.41) is 10.6. The standard InChI is InChI=1S/C33H32N2O4S2/c1-2-3-19-41(37)24-28(22-38-27-17-11-6-12-18-27)39-32(36)23-40-33-30(21-34)29(25-13-7-4-8-14-25)20-31(35-33)26-15-9-5-10-16-26/h4-18,20,28H,2-3,19,22-24H2,1H3. The molecular formula is C33H32N2O4S2. The summed E-state index contributed by atoms with van der Waals surface area (Å²) in [6, 6.07) is 32.8. The maximum Gasteiger partial charge on any atom is 0.316 e. The Bertz CT molecular complexity index is 1480. The maximum absolute atomic E-state index is 13.0. The van der Waals surface area contributed by atoms with Gasteiger partial charge in [0.05, 0.1) is 22.8 Å². The lowest BCUT2D eigenvalue weighted by Gasteiger charge is -2.18. The van der Waals surface area contributed by atoms with E-state index in [1.165, 1.54) is 0 Å². The van der Waals surface area contributed by atoms with Crippen LogP contribution < -0.4 is 4.74 Å². The van der Waals surface area contributed by atoms with Crippen molar-refractivity contribution >= 4 is 28.5 Å². The Balaban J connectivity index is 1.53. The van der Waals surface area contributed by atoms with Crippen molar-refractivity contribution in [2.45, 2.75) is 30.9 Å². The van der Waals surface area contributed by atoms with Crippen LogP contribution in [0.15, 0.2) is 102 Å². The number of pyridine rings is 1. The molecule has 0 saturated carbocycles. The number of nitriles is 1. The largest absolute Gasteiger partial charge is 0.490 e. The summed E-state index contributed by atoms with van der Waals surface area (Å²) in [5.74, 6) is 0.858. The van der Waals surface area contributed by atoms with Crippen molar-refractivity contribution in [1.29, 1.82) is 5.26 Å². The molecule has 0 saturated heterocycles. The van der Waals surface area contributed by atoms with Crippen LogP contribution >= 0.6 is 11.8 Å². The quantitative estimate of drug-likeness (QED) is 0.117. The molecule has 2 atom stereocenters. The molecule has 0 bridgehead atoms. The van der Waals surface area contributed by atoms with E-state index in [0.717, 1.165) is 41.3 Å². The number of hydrogen-bond acceptors (Lipinski definition) is 7. The van der Waals surface area contributed by atoms with Gasteiger partial charge in [-0.15, -0.1) is 0 Å². The number of unbranched alkanes of at least 4 members (excludes halogenated alkanes) is 1. The zero-order chi connectivity index (χ0) is 28.9. The molecule has 6 nitrogen and oxygen atoms in total. The average Bonchev–Trinajstić information content (AvgIpc) is 3.02. The Morgan fingerprint density at radius 2 is 1.61 bits per heavy atom. The van der Waals surface area contributed by atoms with Gasteiger partial charge in [-0.3, -0.25) is 9.00 Å². The van der Waals surface area contributed by atoms with Gasteiger partial charge in [0, 0.05) is 27.7 Å². The molecule has 4 aromatic rings. The monoisotopic (exact) mass is 584 g/mol. The average molecular weight is 585 g/mol. The number of hydrogen-bond donors (Lipinski definition) is 0. The van der Waals surface area contributed by atoms with E-state index in [0.29, 0.717) is 27.8 Å². The van der Waals surface area contributed by atoms with Crippen LogP contribution in [0.25, 0.3) is 22.4 Å². The number of thioether (sulfide) groups is 1. The number of carbonyl (C=O) groups excluding carboxylic acids is 1. The highest BCUT2D eigenvalue weighted by Crippen LogP contribution is 2.34. The zero-order valence-electron chi connectivity index (χ0n) is 22.9. The number of nitrogens with zero attached hydrogens (tertiary/aromatic N) is 2. The molecule has 4 rings (SSSR count). The number of benzene rings is 3. The lowest BCUT2D eigenvalue weighted by molar-refractivity contribution is -0.146. The number of carbonyl (C=O) groups is 1. The summed E-state index contributed by atoms with van der Waals surface area (Å²) in [5.41, 5.74) is 3.66.